The summed E-state index contributed by atoms with van der Waals surface area (Å²) in [6.45, 7) is 0.364. The SMILES string of the molecule is CNC(=O)C1CC(=O)N(Cc2ccc(OC)cc2)C(=Nc2ccc(Cl)cc2)S1. The number of methoxy groups -OCH3 is 1. The molecule has 1 saturated heterocycles. The third-order valence-electron chi connectivity index (χ3n) is 4.23. The van der Waals surface area contributed by atoms with Gasteiger partial charge in [0.05, 0.1) is 24.6 Å². The molecule has 1 heterocycles. The lowest BCUT2D eigenvalue weighted by atomic mass is 10.2. The Hall–Kier alpha value is -2.51. The van der Waals surface area contributed by atoms with Crippen LogP contribution >= 0.6 is 23.4 Å². The summed E-state index contributed by atoms with van der Waals surface area (Å²) in [6.07, 6.45) is 0.125. The van der Waals surface area contributed by atoms with Crippen LogP contribution in [0, 0.1) is 0 Å². The first-order valence-corrected chi connectivity index (χ1v) is 9.91. The molecule has 1 aliphatic heterocycles. The van der Waals surface area contributed by atoms with Gasteiger partial charge in [-0.15, -0.1) is 0 Å². The maximum absolute atomic E-state index is 12.8. The number of carbonyl (C=O) groups is 2. The molecule has 0 spiro atoms. The summed E-state index contributed by atoms with van der Waals surface area (Å²) < 4.78 is 5.18. The number of hydrogen-bond donors (Lipinski definition) is 1. The van der Waals surface area contributed by atoms with E-state index in [0.717, 1.165) is 11.3 Å². The second-order valence-electron chi connectivity index (χ2n) is 6.12. The molecular formula is C20H20ClN3O3S. The first-order valence-electron chi connectivity index (χ1n) is 8.66. The lowest BCUT2D eigenvalue weighted by Crippen LogP contribution is -2.45. The lowest BCUT2D eigenvalue weighted by molar-refractivity contribution is -0.130. The van der Waals surface area contributed by atoms with Gasteiger partial charge < -0.3 is 10.1 Å². The molecule has 1 unspecified atom stereocenters. The van der Waals surface area contributed by atoms with E-state index in [1.54, 1.807) is 43.3 Å². The molecule has 1 aliphatic rings. The molecular weight excluding hydrogens is 398 g/mol. The Bertz CT molecular complexity index is 885. The molecule has 2 amide bonds. The molecule has 0 bridgehead atoms. The number of aliphatic imine (C=N–C) groups is 1. The van der Waals surface area contributed by atoms with Crippen LogP contribution in [0.3, 0.4) is 0 Å². The molecule has 0 radical (unpaired) electrons. The molecule has 2 aromatic rings. The highest BCUT2D eigenvalue weighted by atomic mass is 35.5. The van der Waals surface area contributed by atoms with Gasteiger partial charge in [0.1, 0.15) is 5.75 Å². The molecule has 0 aliphatic carbocycles. The van der Waals surface area contributed by atoms with Crippen molar-refractivity contribution in [2.24, 2.45) is 4.99 Å². The number of carbonyl (C=O) groups excluding carboxylic acids is 2. The fraction of sp³-hybridized carbons (Fsp3) is 0.250. The minimum atomic E-state index is -0.504. The Morgan fingerprint density at radius 2 is 1.93 bits per heavy atom. The van der Waals surface area contributed by atoms with Crippen LogP contribution < -0.4 is 10.1 Å². The van der Waals surface area contributed by atoms with Gasteiger partial charge in [-0.25, -0.2) is 4.99 Å². The van der Waals surface area contributed by atoms with Gasteiger partial charge in [-0.2, -0.15) is 0 Å². The fourth-order valence-corrected chi connectivity index (χ4v) is 3.98. The van der Waals surface area contributed by atoms with Crippen molar-refractivity contribution in [3.05, 3.63) is 59.1 Å². The number of nitrogens with one attached hydrogen (secondary N) is 1. The van der Waals surface area contributed by atoms with E-state index in [2.05, 4.69) is 10.3 Å². The molecule has 1 N–H and O–H groups in total. The zero-order chi connectivity index (χ0) is 20.1. The first-order chi connectivity index (χ1) is 13.5. The number of hydrogen-bond acceptors (Lipinski definition) is 5. The van der Waals surface area contributed by atoms with Gasteiger partial charge >= 0.3 is 0 Å². The van der Waals surface area contributed by atoms with Crippen LogP contribution in [0.5, 0.6) is 5.75 Å². The summed E-state index contributed by atoms with van der Waals surface area (Å²) in [5.41, 5.74) is 1.61. The van der Waals surface area contributed by atoms with Gasteiger partial charge in [0.15, 0.2) is 5.17 Å². The smallest absolute Gasteiger partial charge is 0.233 e. The molecule has 1 fully saturated rings. The minimum absolute atomic E-state index is 0.125. The average Bonchev–Trinajstić information content (AvgIpc) is 2.71. The van der Waals surface area contributed by atoms with E-state index in [0.29, 0.717) is 22.4 Å². The van der Waals surface area contributed by atoms with Crippen molar-refractivity contribution in [2.45, 2.75) is 18.2 Å². The van der Waals surface area contributed by atoms with Gasteiger partial charge in [-0.05, 0) is 42.0 Å². The Kier molecular flexibility index (Phi) is 6.59. The van der Waals surface area contributed by atoms with E-state index in [-0.39, 0.29) is 18.2 Å². The van der Waals surface area contributed by atoms with Gasteiger partial charge in [-0.1, -0.05) is 35.5 Å². The summed E-state index contributed by atoms with van der Waals surface area (Å²) in [7, 11) is 3.17. The summed E-state index contributed by atoms with van der Waals surface area (Å²) in [5, 5.41) is 3.20. The predicted octanol–water partition coefficient (Wildman–Crippen LogP) is 3.62. The zero-order valence-electron chi connectivity index (χ0n) is 15.5. The molecule has 146 valence electrons. The quantitative estimate of drug-likeness (QED) is 0.806. The molecule has 0 saturated carbocycles. The van der Waals surface area contributed by atoms with Crippen LogP contribution in [0.2, 0.25) is 5.02 Å². The van der Waals surface area contributed by atoms with Crippen molar-refractivity contribution >= 4 is 46.0 Å². The predicted molar refractivity (Wildman–Crippen MR) is 112 cm³/mol. The highest BCUT2D eigenvalue weighted by Gasteiger charge is 2.35. The average molecular weight is 418 g/mol. The molecule has 8 heteroatoms. The van der Waals surface area contributed by atoms with Crippen LogP contribution in [0.4, 0.5) is 5.69 Å². The van der Waals surface area contributed by atoms with Crippen LogP contribution in [-0.2, 0) is 16.1 Å². The number of amides is 2. The third-order valence-corrected chi connectivity index (χ3v) is 5.67. The second-order valence-corrected chi connectivity index (χ2v) is 7.73. The van der Waals surface area contributed by atoms with Crippen molar-refractivity contribution in [3.63, 3.8) is 0 Å². The summed E-state index contributed by atoms with van der Waals surface area (Å²) >= 11 is 7.23. The Labute approximate surface area is 172 Å². The number of halogens is 1. The maximum atomic E-state index is 12.8. The number of thioether (sulfide) groups is 1. The van der Waals surface area contributed by atoms with E-state index in [1.807, 2.05) is 24.3 Å². The van der Waals surface area contributed by atoms with E-state index in [1.165, 1.54) is 11.8 Å². The highest BCUT2D eigenvalue weighted by Crippen LogP contribution is 2.30. The number of rotatable bonds is 5. The summed E-state index contributed by atoms with van der Waals surface area (Å²) in [6, 6.07) is 14.5. The molecule has 2 aromatic carbocycles. The van der Waals surface area contributed by atoms with Gasteiger partial charge in [-0.3, -0.25) is 14.5 Å². The fourth-order valence-electron chi connectivity index (χ4n) is 2.70. The van der Waals surface area contributed by atoms with E-state index in [4.69, 9.17) is 16.3 Å². The standard InChI is InChI=1S/C20H20ClN3O3S/c1-22-19(26)17-11-18(25)24(12-13-3-9-16(27-2)10-4-13)20(28-17)23-15-7-5-14(21)6-8-15/h3-10,17H,11-12H2,1-2H3,(H,22,26). The minimum Gasteiger partial charge on any atom is -0.497 e. The van der Waals surface area contributed by atoms with Crippen LogP contribution in [0.15, 0.2) is 53.5 Å². The van der Waals surface area contributed by atoms with Gasteiger partial charge in [0.2, 0.25) is 11.8 Å². The number of benzene rings is 2. The van der Waals surface area contributed by atoms with Crippen molar-refractivity contribution in [1.82, 2.24) is 10.2 Å². The van der Waals surface area contributed by atoms with Crippen LogP contribution in [-0.4, -0.2) is 41.3 Å². The molecule has 6 nitrogen and oxygen atoms in total. The monoisotopic (exact) mass is 417 g/mol. The van der Waals surface area contributed by atoms with Gasteiger partial charge in [0, 0.05) is 18.5 Å². The van der Waals surface area contributed by atoms with Crippen molar-refractivity contribution in [3.8, 4) is 5.75 Å². The highest BCUT2D eigenvalue weighted by molar-refractivity contribution is 8.15. The number of amidine groups is 1. The Balaban J connectivity index is 1.90. The van der Waals surface area contributed by atoms with Gasteiger partial charge in [0.25, 0.3) is 0 Å². The zero-order valence-corrected chi connectivity index (χ0v) is 17.1. The van der Waals surface area contributed by atoms with Crippen LogP contribution in [0.1, 0.15) is 12.0 Å². The van der Waals surface area contributed by atoms with Crippen molar-refractivity contribution in [2.75, 3.05) is 14.2 Å². The second kappa shape index (κ2) is 9.12. The lowest BCUT2D eigenvalue weighted by Gasteiger charge is -2.31. The van der Waals surface area contributed by atoms with Crippen molar-refractivity contribution < 1.29 is 14.3 Å². The number of nitrogens with zero attached hydrogens (tertiary/aromatic N) is 2. The molecule has 28 heavy (non-hydrogen) atoms. The molecule has 0 aromatic heterocycles. The normalized spacial score (nSPS) is 18.2. The van der Waals surface area contributed by atoms with E-state index in [9.17, 15) is 9.59 Å². The largest absolute Gasteiger partial charge is 0.497 e. The van der Waals surface area contributed by atoms with Crippen LogP contribution in [0.25, 0.3) is 0 Å². The Morgan fingerprint density at radius 1 is 1.25 bits per heavy atom. The maximum Gasteiger partial charge on any atom is 0.233 e. The summed E-state index contributed by atoms with van der Waals surface area (Å²) in [5.74, 6) is 0.417. The van der Waals surface area contributed by atoms with E-state index >= 15 is 0 Å². The first kappa shape index (κ1) is 20.2. The van der Waals surface area contributed by atoms with Crippen molar-refractivity contribution in [1.29, 1.82) is 0 Å². The topological polar surface area (TPSA) is 71.0 Å². The molecule has 3 rings (SSSR count). The number of ether oxygens (including phenoxy) is 1. The Morgan fingerprint density at radius 3 is 2.54 bits per heavy atom. The summed E-state index contributed by atoms with van der Waals surface area (Å²) in [4.78, 5) is 31.1. The molecule has 1 atom stereocenters. The third kappa shape index (κ3) is 4.85. The van der Waals surface area contributed by atoms with E-state index < -0.39 is 5.25 Å².